The monoisotopic (exact) mass is 241 g/mol. The molecule has 0 saturated carbocycles. The van der Waals surface area contributed by atoms with Gasteiger partial charge in [-0.05, 0) is 24.1 Å². The van der Waals surface area contributed by atoms with E-state index in [1.54, 1.807) is 0 Å². The first-order valence-electron chi connectivity index (χ1n) is 6.43. The highest BCUT2D eigenvalue weighted by Gasteiger charge is 2.14. The Hall–Kier alpha value is -1.82. The van der Waals surface area contributed by atoms with Crippen molar-refractivity contribution in [1.29, 1.82) is 5.26 Å². The molecule has 3 heteroatoms. The Morgan fingerprint density at radius 2 is 2.00 bits per heavy atom. The van der Waals surface area contributed by atoms with Crippen molar-refractivity contribution < 1.29 is 0 Å². The molecule has 0 saturated heterocycles. The number of nitriles is 1. The number of rotatable bonds is 3. The molecule has 1 aromatic carbocycles. The zero-order chi connectivity index (χ0) is 13.3. The van der Waals surface area contributed by atoms with Crippen molar-refractivity contribution >= 4 is 11.0 Å². The topological polar surface area (TPSA) is 41.6 Å². The van der Waals surface area contributed by atoms with Crippen molar-refractivity contribution in [3.05, 3.63) is 29.6 Å². The summed E-state index contributed by atoms with van der Waals surface area (Å²) in [4.78, 5) is 4.69. The fourth-order valence-corrected chi connectivity index (χ4v) is 2.22. The molecule has 0 amide bonds. The lowest BCUT2D eigenvalue weighted by molar-refractivity contribution is 0.508. The van der Waals surface area contributed by atoms with Gasteiger partial charge in [0.25, 0.3) is 0 Å². The van der Waals surface area contributed by atoms with Crippen LogP contribution >= 0.6 is 0 Å². The molecule has 0 spiro atoms. The number of benzene rings is 1. The van der Waals surface area contributed by atoms with E-state index in [2.05, 4.69) is 43.3 Å². The number of hydrogen-bond acceptors (Lipinski definition) is 2. The van der Waals surface area contributed by atoms with Crippen LogP contribution in [0.25, 0.3) is 11.0 Å². The fraction of sp³-hybridized carbons (Fsp3) is 0.467. The quantitative estimate of drug-likeness (QED) is 0.822. The van der Waals surface area contributed by atoms with E-state index in [9.17, 15) is 0 Å². The van der Waals surface area contributed by atoms with E-state index in [0.29, 0.717) is 17.4 Å². The third kappa shape index (κ3) is 2.24. The van der Waals surface area contributed by atoms with Gasteiger partial charge in [-0.25, -0.2) is 4.98 Å². The van der Waals surface area contributed by atoms with Gasteiger partial charge in [-0.3, -0.25) is 0 Å². The summed E-state index contributed by atoms with van der Waals surface area (Å²) >= 11 is 0. The second-order valence-corrected chi connectivity index (χ2v) is 5.44. The van der Waals surface area contributed by atoms with E-state index < -0.39 is 0 Å². The Morgan fingerprint density at radius 3 is 2.56 bits per heavy atom. The fourth-order valence-electron chi connectivity index (χ4n) is 2.22. The van der Waals surface area contributed by atoms with E-state index in [1.807, 2.05) is 18.2 Å². The van der Waals surface area contributed by atoms with Crippen molar-refractivity contribution in [3.8, 4) is 6.07 Å². The Bertz CT molecular complexity index is 600. The third-order valence-corrected chi connectivity index (χ3v) is 2.97. The highest BCUT2D eigenvalue weighted by molar-refractivity contribution is 5.77. The summed E-state index contributed by atoms with van der Waals surface area (Å²) in [6.45, 7) is 9.70. The van der Waals surface area contributed by atoms with Crippen LogP contribution in [0.4, 0.5) is 0 Å². The smallest absolute Gasteiger partial charge is 0.112 e. The number of nitrogens with zero attached hydrogens (tertiary/aromatic N) is 3. The standard InChI is InChI=1S/C15H19N3/c1-10(2)9-18-14-6-5-12(8-16)7-13(14)17-15(18)11(3)4/h5-7,10-11H,9H2,1-4H3. The molecule has 0 N–H and O–H groups in total. The summed E-state index contributed by atoms with van der Waals surface area (Å²) in [6.07, 6.45) is 0. The predicted molar refractivity (Wildman–Crippen MR) is 73.4 cm³/mol. The summed E-state index contributed by atoms with van der Waals surface area (Å²) < 4.78 is 2.28. The van der Waals surface area contributed by atoms with Gasteiger partial charge in [-0.2, -0.15) is 5.26 Å². The highest BCUT2D eigenvalue weighted by atomic mass is 15.1. The number of imidazole rings is 1. The minimum atomic E-state index is 0.390. The second kappa shape index (κ2) is 4.81. The van der Waals surface area contributed by atoms with Crippen molar-refractivity contribution in [2.24, 2.45) is 5.92 Å². The Kier molecular flexibility index (Phi) is 3.38. The van der Waals surface area contributed by atoms with Crippen molar-refractivity contribution in [2.75, 3.05) is 0 Å². The van der Waals surface area contributed by atoms with Crippen LogP contribution < -0.4 is 0 Å². The van der Waals surface area contributed by atoms with Gasteiger partial charge >= 0.3 is 0 Å². The van der Waals surface area contributed by atoms with Gasteiger partial charge < -0.3 is 4.57 Å². The molecule has 1 heterocycles. The van der Waals surface area contributed by atoms with Crippen LogP contribution in [0.15, 0.2) is 18.2 Å². The van der Waals surface area contributed by atoms with E-state index in [0.717, 1.165) is 23.4 Å². The van der Waals surface area contributed by atoms with Crippen molar-refractivity contribution in [1.82, 2.24) is 9.55 Å². The first kappa shape index (κ1) is 12.6. The maximum absolute atomic E-state index is 8.94. The van der Waals surface area contributed by atoms with E-state index in [4.69, 9.17) is 5.26 Å². The van der Waals surface area contributed by atoms with Gasteiger partial charge in [-0.1, -0.05) is 27.7 Å². The molecule has 0 unspecified atom stereocenters. The van der Waals surface area contributed by atoms with Crippen LogP contribution in [-0.2, 0) is 6.54 Å². The van der Waals surface area contributed by atoms with Gasteiger partial charge in [0, 0.05) is 12.5 Å². The summed E-state index contributed by atoms with van der Waals surface area (Å²) in [5.41, 5.74) is 2.73. The molecule has 0 atom stereocenters. The number of fused-ring (bicyclic) bond motifs is 1. The molecular weight excluding hydrogens is 222 g/mol. The third-order valence-electron chi connectivity index (χ3n) is 2.97. The van der Waals surface area contributed by atoms with Crippen LogP contribution in [-0.4, -0.2) is 9.55 Å². The maximum atomic E-state index is 8.94. The summed E-state index contributed by atoms with van der Waals surface area (Å²) in [7, 11) is 0. The SMILES string of the molecule is CC(C)Cn1c(C(C)C)nc2cc(C#N)ccc21. The molecule has 3 nitrogen and oxygen atoms in total. The second-order valence-electron chi connectivity index (χ2n) is 5.44. The normalized spacial score (nSPS) is 11.4. The number of hydrogen-bond donors (Lipinski definition) is 0. The molecule has 2 aromatic rings. The molecule has 18 heavy (non-hydrogen) atoms. The lowest BCUT2D eigenvalue weighted by atomic mass is 10.1. The van der Waals surface area contributed by atoms with Crippen LogP contribution in [0.3, 0.4) is 0 Å². The molecule has 0 aliphatic carbocycles. The average Bonchev–Trinajstić information content (AvgIpc) is 2.66. The van der Waals surface area contributed by atoms with Crippen molar-refractivity contribution in [2.45, 2.75) is 40.2 Å². The first-order chi connectivity index (χ1) is 8.52. The summed E-state index contributed by atoms with van der Waals surface area (Å²) in [5, 5.41) is 8.94. The molecule has 0 aliphatic heterocycles. The van der Waals surface area contributed by atoms with Crippen LogP contribution in [0.2, 0.25) is 0 Å². The van der Waals surface area contributed by atoms with Crippen LogP contribution in [0.1, 0.15) is 45.0 Å². The largest absolute Gasteiger partial charge is 0.328 e. The minimum Gasteiger partial charge on any atom is -0.328 e. The lowest BCUT2D eigenvalue weighted by Gasteiger charge is -2.13. The van der Waals surface area contributed by atoms with Crippen LogP contribution in [0.5, 0.6) is 0 Å². The zero-order valence-electron chi connectivity index (χ0n) is 11.4. The van der Waals surface area contributed by atoms with Crippen LogP contribution in [0, 0.1) is 17.2 Å². The summed E-state index contributed by atoms with van der Waals surface area (Å²) in [6, 6.07) is 7.92. The van der Waals surface area contributed by atoms with Gasteiger partial charge in [0.2, 0.25) is 0 Å². The molecule has 0 bridgehead atoms. The molecule has 0 fully saturated rings. The van der Waals surface area contributed by atoms with E-state index in [-0.39, 0.29) is 0 Å². The first-order valence-corrected chi connectivity index (χ1v) is 6.43. The zero-order valence-corrected chi connectivity index (χ0v) is 11.4. The van der Waals surface area contributed by atoms with Gasteiger partial charge in [0.1, 0.15) is 5.82 Å². The van der Waals surface area contributed by atoms with E-state index >= 15 is 0 Å². The predicted octanol–water partition coefficient (Wildman–Crippen LogP) is 3.69. The Balaban J connectivity index is 2.64. The average molecular weight is 241 g/mol. The molecule has 1 aromatic heterocycles. The highest BCUT2D eigenvalue weighted by Crippen LogP contribution is 2.23. The molecule has 94 valence electrons. The maximum Gasteiger partial charge on any atom is 0.112 e. The minimum absolute atomic E-state index is 0.390. The lowest BCUT2D eigenvalue weighted by Crippen LogP contribution is -2.09. The van der Waals surface area contributed by atoms with Crippen molar-refractivity contribution in [3.63, 3.8) is 0 Å². The van der Waals surface area contributed by atoms with Gasteiger partial charge in [0.15, 0.2) is 0 Å². The summed E-state index contributed by atoms with van der Waals surface area (Å²) in [5.74, 6) is 2.08. The molecular formula is C15H19N3. The molecule has 2 rings (SSSR count). The van der Waals surface area contributed by atoms with E-state index in [1.165, 1.54) is 0 Å². The van der Waals surface area contributed by atoms with Gasteiger partial charge in [-0.15, -0.1) is 0 Å². The Morgan fingerprint density at radius 1 is 1.28 bits per heavy atom. The molecule has 0 aliphatic rings. The molecule has 0 radical (unpaired) electrons. The number of aromatic nitrogens is 2. The van der Waals surface area contributed by atoms with Gasteiger partial charge in [0.05, 0.1) is 22.7 Å². The Labute approximate surface area is 108 Å².